The quantitative estimate of drug-likeness (QED) is 0.536. The van der Waals surface area contributed by atoms with Crippen molar-refractivity contribution < 1.29 is 4.79 Å². The lowest BCUT2D eigenvalue weighted by atomic mass is 9.94. The highest BCUT2D eigenvalue weighted by Gasteiger charge is 2.38. The molecule has 0 bridgehead atoms. The predicted molar refractivity (Wildman–Crippen MR) is 129 cm³/mol. The summed E-state index contributed by atoms with van der Waals surface area (Å²) in [6.07, 6.45) is 1.73. The molecule has 0 aliphatic carbocycles. The van der Waals surface area contributed by atoms with Gasteiger partial charge in [0, 0.05) is 39.5 Å². The van der Waals surface area contributed by atoms with Crippen molar-refractivity contribution >= 4 is 29.3 Å². The molecule has 7 heteroatoms. The smallest absolute Gasteiger partial charge is 0.274 e. The van der Waals surface area contributed by atoms with E-state index in [1.807, 2.05) is 35.6 Å². The van der Waals surface area contributed by atoms with Crippen molar-refractivity contribution in [2.75, 3.05) is 11.7 Å². The van der Waals surface area contributed by atoms with Gasteiger partial charge in [0.15, 0.2) is 5.43 Å². The van der Waals surface area contributed by atoms with Gasteiger partial charge in [-0.3, -0.25) is 19.3 Å². The Morgan fingerprint density at radius 1 is 1.06 bits per heavy atom. The summed E-state index contributed by atoms with van der Waals surface area (Å²) in [5, 5.41) is 2.86. The first kappa shape index (κ1) is 21.2. The van der Waals surface area contributed by atoms with Crippen LogP contribution >= 0.6 is 23.4 Å². The van der Waals surface area contributed by atoms with E-state index in [1.54, 1.807) is 30.9 Å². The van der Waals surface area contributed by atoms with Crippen molar-refractivity contribution in [3.8, 4) is 0 Å². The third kappa shape index (κ3) is 3.33. The molecule has 1 atom stereocenters. The third-order valence-corrected chi connectivity index (χ3v) is 7.65. The molecule has 1 amide bonds. The van der Waals surface area contributed by atoms with Crippen LogP contribution in [0.3, 0.4) is 0 Å². The first-order valence-electron chi connectivity index (χ1n) is 10.7. The normalized spacial score (nSPS) is 17.7. The van der Waals surface area contributed by atoms with E-state index in [9.17, 15) is 9.59 Å². The average molecular weight is 466 g/mol. The first-order valence-corrected chi connectivity index (χ1v) is 12.0. The molecule has 2 aliphatic heterocycles. The molecule has 164 valence electrons. The van der Waals surface area contributed by atoms with Crippen LogP contribution < -0.4 is 10.4 Å². The Balaban J connectivity index is 1.80. The van der Waals surface area contributed by atoms with E-state index < -0.39 is 0 Å². The van der Waals surface area contributed by atoms with Crippen LogP contribution in [0.2, 0.25) is 5.02 Å². The molecule has 0 saturated heterocycles. The topological polar surface area (TPSA) is 45.6 Å². The zero-order chi connectivity index (χ0) is 22.6. The molecule has 3 heterocycles. The molecule has 32 heavy (non-hydrogen) atoms. The minimum Gasteiger partial charge on any atom is -0.316 e. The monoisotopic (exact) mass is 465 g/mol. The van der Waals surface area contributed by atoms with E-state index >= 15 is 0 Å². The van der Waals surface area contributed by atoms with Gasteiger partial charge in [-0.2, -0.15) is 0 Å². The maximum absolute atomic E-state index is 13.4. The molecule has 0 saturated carbocycles. The summed E-state index contributed by atoms with van der Waals surface area (Å²) in [6.45, 7) is 6.14. The second kappa shape index (κ2) is 8.01. The van der Waals surface area contributed by atoms with Gasteiger partial charge in [-0.1, -0.05) is 35.9 Å². The Morgan fingerprint density at radius 2 is 1.84 bits per heavy atom. The van der Waals surface area contributed by atoms with Crippen LogP contribution in [0.4, 0.5) is 0 Å². The summed E-state index contributed by atoms with van der Waals surface area (Å²) in [5.74, 6) is 0.743. The number of carbonyl (C=O) groups is 1. The summed E-state index contributed by atoms with van der Waals surface area (Å²) in [5.41, 5.74) is 4.30. The highest BCUT2D eigenvalue weighted by Crippen LogP contribution is 2.43. The van der Waals surface area contributed by atoms with Crippen LogP contribution in [0.15, 0.2) is 64.4 Å². The first-order chi connectivity index (χ1) is 15.4. The van der Waals surface area contributed by atoms with E-state index in [0.29, 0.717) is 22.9 Å². The molecule has 2 aromatic carbocycles. The number of pyridine rings is 1. The van der Waals surface area contributed by atoms with Crippen LogP contribution in [0.1, 0.15) is 52.6 Å². The van der Waals surface area contributed by atoms with Crippen molar-refractivity contribution in [1.29, 1.82) is 0 Å². The number of hydrogen-bond donors (Lipinski definition) is 0. The maximum Gasteiger partial charge on any atom is 0.274 e. The van der Waals surface area contributed by atoms with Gasteiger partial charge in [-0.15, -0.1) is 11.8 Å². The lowest BCUT2D eigenvalue weighted by Gasteiger charge is -2.45. The molecular formula is C25H24ClN3O2S. The molecule has 1 aromatic heterocycles. The molecule has 0 fully saturated rings. The molecule has 5 rings (SSSR count). The van der Waals surface area contributed by atoms with Gasteiger partial charge >= 0.3 is 0 Å². The van der Waals surface area contributed by atoms with Crippen molar-refractivity contribution in [3.05, 3.63) is 97.9 Å². The van der Waals surface area contributed by atoms with Gasteiger partial charge in [-0.05, 0) is 55.7 Å². The fraction of sp³-hybridized carbons (Fsp3) is 0.280. The second-order valence-electron chi connectivity index (χ2n) is 8.52. The van der Waals surface area contributed by atoms with Crippen LogP contribution in [0.25, 0.3) is 0 Å². The van der Waals surface area contributed by atoms with E-state index in [1.165, 1.54) is 16.0 Å². The van der Waals surface area contributed by atoms with Crippen LogP contribution in [-0.2, 0) is 5.75 Å². The number of halogens is 1. The lowest BCUT2D eigenvalue weighted by Crippen LogP contribution is -2.57. The van der Waals surface area contributed by atoms with Crippen LogP contribution in [0, 0.1) is 6.92 Å². The van der Waals surface area contributed by atoms with Crippen LogP contribution in [-0.4, -0.2) is 28.2 Å². The number of amides is 1. The van der Waals surface area contributed by atoms with E-state index in [-0.39, 0.29) is 23.4 Å². The Labute approximate surface area is 196 Å². The summed E-state index contributed by atoms with van der Waals surface area (Å²) in [7, 11) is 0. The highest BCUT2D eigenvalue weighted by atomic mass is 35.5. The number of benzene rings is 2. The zero-order valence-corrected chi connectivity index (χ0v) is 19.8. The molecule has 0 N–H and O–H groups in total. The number of thioether (sulfide) groups is 1. The van der Waals surface area contributed by atoms with Crippen LogP contribution in [0.5, 0.6) is 0 Å². The second-order valence-corrected chi connectivity index (χ2v) is 9.97. The minimum atomic E-state index is -0.162. The molecule has 1 unspecified atom stereocenters. The standard InChI is InChI=1S/C25H24ClN3O2S/c1-15(2)27-14-29(28-11-10-21(30)16(3)23(28)25(27)31)24-19-7-5-4-6-17(19)13-32-22-9-8-18(26)12-20(22)24/h4-12,15,24H,13-14H2,1-3H3. The van der Waals surface area contributed by atoms with E-state index in [0.717, 1.165) is 11.3 Å². The summed E-state index contributed by atoms with van der Waals surface area (Å²) < 4.78 is 1.88. The molecule has 0 radical (unpaired) electrons. The van der Waals surface area contributed by atoms with Gasteiger partial charge in [0.05, 0.1) is 6.04 Å². The number of hydrogen-bond acceptors (Lipinski definition) is 4. The largest absolute Gasteiger partial charge is 0.316 e. The number of aromatic nitrogens is 1. The third-order valence-electron chi connectivity index (χ3n) is 6.28. The molecule has 0 spiro atoms. The number of rotatable bonds is 2. The SMILES string of the molecule is Cc1c2n(ccc1=O)N(C1c3ccccc3CSc3ccc(Cl)cc31)CN(C(C)C)C2=O. The van der Waals surface area contributed by atoms with Gasteiger partial charge in [0.2, 0.25) is 0 Å². The molecular weight excluding hydrogens is 442 g/mol. The van der Waals surface area contributed by atoms with Crippen molar-refractivity contribution in [3.63, 3.8) is 0 Å². The Morgan fingerprint density at radius 3 is 2.62 bits per heavy atom. The van der Waals surface area contributed by atoms with Crippen molar-refractivity contribution in [2.45, 2.75) is 43.5 Å². The summed E-state index contributed by atoms with van der Waals surface area (Å²) >= 11 is 8.27. The summed E-state index contributed by atoms with van der Waals surface area (Å²) in [4.78, 5) is 28.9. The Bertz CT molecular complexity index is 1290. The fourth-order valence-corrected chi connectivity index (χ4v) is 5.82. The Kier molecular flexibility index (Phi) is 5.30. The number of nitrogens with zero attached hydrogens (tertiary/aromatic N) is 3. The van der Waals surface area contributed by atoms with Crippen molar-refractivity contribution in [1.82, 2.24) is 9.58 Å². The highest BCUT2D eigenvalue weighted by molar-refractivity contribution is 7.98. The average Bonchev–Trinajstić information content (AvgIpc) is 2.93. The van der Waals surface area contributed by atoms with Crippen molar-refractivity contribution in [2.24, 2.45) is 0 Å². The van der Waals surface area contributed by atoms with Gasteiger partial charge in [-0.25, -0.2) is 0 Å². The molecule has 3 aromatic rings. The van der Waals surface area contributed by atoms with Gasteiger partial charge < -0.3 is 4.90 Å². The zero-order valence-electron chi connectivity index (χ0n) is 18.2. The lowest BCUT2D eigenvalue weighted by molar-refractivity contribution is 0.0625. The number of fused-ring (bicyclic) bond motifs is 3. The van der Waals surface area contributed by atoms with Gasteiger partial charge in [0.1, 0.15) is 12.4 Å². The fourth-order valence-electron chi connectivity index (χ4n) is 4.57. The van der Waals surface area contributed by atoms with E-state index in [4.69, 9.17) is 11.6 Å². The van der Waals surface area contributed by atoms with Gasteiger partial charge in [0.25, 0.3) is 5.91 Å². The molecule has 2 aliphatic rings. The van der Waals surface area contributed by atoms with E-state index in [2.05, 4.69) is 35.3 Å². The summed E-state index contributed by atoms with van der Waals surface area (Å²) in [6, 6.07) is 15.8. The minimum absolute atomic E-state index is 0.0114. The maximum atomic E-state index is 13.4. The predicted octanol–water partition coefficient (Wildman–Crippen LogP) is 4.97. The Hall–Kier alpha value is -2.70. The molecule has 5 nitrogen and oxygen atoms in total. The number of carbonyl (C=O) groups excluding carboxylic acids is 1.